The van der Waals surface area contributed by atoms with Gasteiger partial charge in [-0.1, -0.05) is 17.7 Å². The van der Waals surface area contributed by atoms with Gasteiger partial charge in [0, 0.05) is 5.02 Å². The van der Waals surface area contributed by atoms with Crippen molar-refractivity contribution in [2.75, 3.05) is 0 Å². The molecule has 0 bridgehead atoms. The zero-order valence-corrected chi connectivity index (χ0v) is 11.7. The third kappa shape index (κ3) is 1.93. The smallest absolute Gasteiger partial charge is 0.136 e. The summed E-state index contributed by atoms with van der Waals surface area (Å²) in [6.07, 6.45) is 2.53. The summed E-state index contributed by atoms with van der Waals surface area (Å²) in [5.74, 6) is 0.965. The third-order valence-electron chi connectivity index (χ3n) is 3.52. The Labute approximate surface area is 117 Å². The summed E-state index contributed by atoms with van der Waals surface area (Å²) >= 11 is 10.7. The Morgan fingerprint density at radius 3 is 2.56 bits per heavy atom. The van der Waals surface area contributed by atoms with E-state index in [1.807, 2.05) is 6.07 Å². The minimum absolute atomic E-state index is 0.186. The van der Waals surface area contributed by atoms with Crippen LogP contribution in [0.4, 0.5) is 0 Å². The maximum Gasteiger partial charge on any atom is 0.136 e. The molecule has 2 aliphatic rings. The van der Waals surface area contributed by atoms with Gasteiger partial charge in [-0.05, 0) is 48.4 Å². The molecule has 3 rings (SSSR count). The number of hydrogen-bond acceptors (Lipinski definition) is 3. The van der Waals surface area contributed by atoms with Gasteiger partial charge in [-0.2, -0.15) is 0 Å². The number of halogens is 1. The molecule has 0 aromatic heterocycles. The number of aryl methyl sites for hydroxylation is 1. The molecule has 1 fully saturated rings. The van der Waals surface area contributed by atoms with E-state index >= 15 is 0 Å². The van der Waals surface area contributed by atoms with E-state index in [9.17, 15) is 0 Å². The molecule has 0 amide bonds. The standard InChI is InChI=1S/C13H14ClN3S/c1-6-4-8(7-2-3-7)5-9(14)10(6)11-12(15)16-17-13(11)18/h4-5,7,11H,2-3H2,1H3,(H2,15,16)(H,17,18). The number of hydrogen-bond donors (Lipinski definition) is 2. The molecule has 5 heteroatoms. The van der Waals surface area contributed by atoms with Crippen molar-refractivity contribution >= 4 is 35.1 Å². The van der Waals surface area contributed by atoms with E-state index in [1.165, 1.54) is 18.4 Å². The normalized spacial score (nSPS) is 22.9. The van der Waals surface area contributed by atoms with Crippen LogP contribution in [0, 0.1) is 6.92 Å². The molecule has 94 valence electrons. The Bertz CT molecular complexity index is 535. The van der Waals surface area contributed by atoms with Gasteiger partial charge in [-0.25, -0.2) is 0 Å². The van der Waals surface area contributed by atoms with Crippen LogP contribution >= 0.6 is 24.2 Å². The van der Waals surface area contributed by atoms with Gasteiger partial charge >= 0.3 is 0 Å². The third-order valence-corrected chi connectivity index (χ3v) is 4.18. The molecule has 0 spiro atoms. The number of nitrogens with two attached hydrogens (primary N) is 1. The van der Waals surface area contributed by atoms with Crippen molar-refractivity contribution in [2.24, 2.45) is 15.9 Å². The van der Waals surface area contributed by atoms with Crippen molar-refractivity contribution in [1.29, 1.82) is 0 Å². The minimum Gasteiger partial charge on any atom is -0.385 e. The largest absolute Gasteiger partial charge is 0.385 e. The predicted molar refractivity (Wildman–Crippen MR) is 78.9 cm³/mol. The number of amidine groups is 1. The first-order valence-corrected chi connectivity index (χ1v) is 6.80. The van der Waals surface area contributed by atoms with E-state index in [0.29, 0.717) is 16.8 Å². The molecular weight excluding hydrogens is 266 g/mol. The highest BCUT2D eigenvalue weighted by Gasteiger charge is 2.30. The van der Waals surface area contributed by atoms with Gasteiger partial charge in [0.15, 0.2) is 0 Å². The maximum absolute atomic E-state index is 6.42. The van der Waals surface area contributed by atoms with E-state index in [1.54, 1.807) is 0 Å². The summed E-state index contributed by atoms with van der Waals surface area (Å²) in [5, 5.41) is 9.13. The van der Waals surface area contributed by atoms with Crippen LogP contribution in [0.5, 0.6) is 0 Å². The van der Waals surface area contributed by atoms with Gasteiger partial charge in [0.25, 0.3) is 0 Å². The summed E-state index contributed by atoms with van der Waals surface area (Å²) in [7, 11) is 0. The van der Waals surface area contributed by atoms with Gasteiger partial charge < -0.3 is 5.73 Å². The highest BCUT2D eigenvalue weighted by atomic mass is 35.5. The van der Waals surface area contributed by atoms with Crippen LogP contribution in [0.3, 0.4) is 0 Å². The summed E-state index contributed by atoms with van der Waals surface area (Å²) in [6.45, 7) is 2.06. The molecule has 1 aromatic rings. The van der Waals surface area contributed by atoms with Crippen LogP contribution in [0.15, 0.2) is 22.3 Å². The molecular formula is C13H14ClN3S. The molecule has 1 aliphatic heterocycles. The average molecular weight is 280 g/mol. The second-order valence-electron chi connectivity index (χ2n) is 4.92. The monoisotopic (exact) mass is 279 g/mol. The van der Waals surface area contributed by atoms with Crippen LogP contribution in [0.2, 0.25) is 5.02 Å². The van der Waals surface area contributed by atoms with Crippen LogP contribution in [-0.4, -0.2) is 10.9 Å². The quantitative estimate of drug-likeness (QED) is 0.803. The molecule has 3 nitrogen and oxygen atoms in total. The fraction of sp³-hybridized carbons (Fsp3) is 0.385. The maximum atomic E-state index is 6.42. The Kier molecular flexibility index (Phi) is 2.87. The summed E-state index contributed by atoms with van der Waals surface area (Å²) < 4.78 is 0. The molecule has 0 saturated heterocycles. The number of benzene rings is 1. The van der Waals surface area contributed by atoms with E-state index < -0.39 is 0 Å². The van der Waals surface area contributed by atoms with Crippen molar-refractivity contribution in [3.05, 3.63) is 33.8 Å². The zero-order chi connectivity index (χ0) is 12.9. The first kappa shape index (κ1) is 12.1. The van der Waals surface area contributed by atoms with Crippen molar-refractivity contribution in [3.8, 4) is 0 Å². The average Bonchev–Trinajstić information content (AvgIpc) is 3.09. The zero-order valence-electron chi connectivity index (χ0n) is 10.0. The molecule has 18 heavy (non-hydrogen) atoms. The first-order valence-electron chi connectivity index (χ1n) is 5.97. The summed E-state index contributed by atoms with van der Waals surface area (Å²) in [6, 6.07) is 4.25. The molecule has 1 heterocycles. The number of thiol groups is 1. The molecule has 1 atom stereocenters. The molecule has 1 unspecified atom stereocenters. The Morgan fingerprint density at radius 2 is 2.06 bits per heavy atom. The molecule has 1 aliphatic carbocycles. The lowest BCUT2D eigenvalue weighted by atomic mass is 9.92. The molecule has 1 aromatic carbocycles. The summed E-state index contributed by atoms with van der Waals surface area (Å²) in [5.41, 5.74) is 9.32. The molecule has 1 saturated carbocycles. The Balaban J connectivity index is 2.07. The highest BCUT2D eigenvalue weighted by Crippen LogP contribution is 2.43. The highest BCUT2D eigenvalue weighted by molar-refractivity contribution is 7.97. The van der Waals surface area contributed by atoms with Crippen molar-refractivity contribution in [3.63, 3.8) is 0 Å². The number of nitrogens with zero attached hydrogens (tertiary/aromatic N) is 2. The van der Waals surface area contributed by atoms with E-state index in [0.717, 1.165) is 16.1 Å². The van der Waals surface area contributed by atoms with E-state index in [4.69, 9.17) is 17.3 Å². The van der Waals surface area contributed by atoms with Gasteiger partial charge in [0.05, 0.1) is 5.92 Å². The predicted octanol–water partition coefficient (Wildman–Crippen LogP) is 3.22. The van der Waals surface area contributed by atoms with Gasteiger partial charge in [-0.3, -0.25) is 0 Å². The fourth-order valence-corrected chi connectivity index (χ4v) is 3.12. The molecule has 2 N–H and O–H groups in total. The summed E-state index contributed by atoms with van der Waals surface area (Å²) in [4.78, 5) is 0. The Hall–Kier alpha value is -1.00. The lowest BCUT2D eigenvalue weighted by Gasteiger charge is -2.17. The SMILES string of the molecule is Cc1cc(C2CC2)cc(Cl)c1C1C(N)=NN=C1S. The lowest BCUT2D eigenvalue weighted by molar-refractivity contribution is 1.09. The van der Waals surface area contributed by atoms with Crippen LogP contribution < -0.4 is 5.73 Å². The minimum atomic E-state index is -0.186. The van der Waals surface area contributed by atoms with Crippen LogP contribution in [0.25, 0.3) is 0 Å². The van der Waals surface area contributed by atoms with Crippen molar-refractivity contribution < 1.29 is 0 Å². The van der Waals surface area contributed by atoms with E-state index in [2.05, 4.69) is 35.8 Å². The van der Waals surface area contributed by atoms with Gasteiger partial charge in [0.1, 0.15) is 10.9 Å². The van der Waals surface area contributed by atoms with Gasteiger partial charge in [-0.15, -0.1) is 22.8 Å². The first-order chi connectivity index (χ1) is 8.58. The number of rotatable bonds is 2. The second kappa shape index (κ2) is 4.28. The van der Waals surface area contributed by atoms with Gasteiger partial charge in [0.2, 0.25) is 0 Å². The Morgan fingerprint density at radius 1 is 1.33 bits per heavy atom. The van der Waals surface area contributed by atoms with Crippen molar-refractivity contribution in [1.82, 2.24) is 0 Å². The lowest BCUT2D eigenvalue weighted by Crippen LogP contribution is -2.23. The van der Waals surface area contributed by atoms with Crippen LogP contribution in [-0.2, 0) is 0 Å². The molecule has 0 radical (unpaired) electrons. The second-order valence-corrected chi connectivity index (χ2v) is 5.79. The van der Waals surface area contributed by atoms with Crippen LogP contribution in [0.1, 0.15) is 41.4 Å². The van der Waals surface area contributed by atoms with E-state index in [-0.39, 0.29) is 5.92 Å². The fourth-order valence-electron chi connectivity index (χ4n) is 2.43. The van der Waals surface area contributed by atoms with Crippen molar-refractivity contribution in [2.45, 2.75) is 31.6 Å². The topological polar surface area (TPSA) is 50.7 Å².